The van der Waals surface area contributed by atoms with Crippen molar-refractivity contribution in [2.45, 2.75) is 45.4 Å². The number of carboxylic acids is 1. The maximum atomic E-state index is 12.5. The van der Waals surface area contributed by atoms with Gasteiger partial charge < -0.3 is 19.6 Å². The first kappa shape index (κ1) is 17.5. The van der Waals surface area contributed by atoms with Crippen LogP contribution in [0.25, 0.3) is 0 Å². The molecule has 1 aromatic rings. The summed E-state index contributed by atoms with van der Waals surface area (Å²) in [7, 11) is 1.69. The number of ether oxygens (including phenoxy) is 1. The molecule has 1 heterocycles. The monoisotopic (exact) mass is 323 g/mol. The number of aryl methyl sites for hydroxylation is 1. The van der Waals surface area contributed by atoms with Crippen LogP contribution >= 0.6 is 0 Å². The van der Waals surface area contributed by atoms with E-state index in [0.29, 0.717) is 24.3 Å². The predicted octanol–water partition coefficient (Wildman–Crippen LogP) is 2.54. The molecular formula is C17H25NO5. The van der Waals surface area contributed by atoms with Crippen LogP contribution in [0.2, 0.25) is 0 Å². The van der Waals surface area contributed by atoms with Gasteiger partial charge in [-0.3, -0.25) is 9.59 Å². The Morgan fingerprint density at radius 1 is 1.39 bits per heavy atom. The zero-order chi connectivity index (χ0) is 16.9. The zero-order valence-electron chi connectivity index (χ0n) is 13.8. The van der Waals surface area contributed by atoms with Crippen LogP contribution < -0.4 is 5.32 Å². The van der Waals surface area contributed by atoms with Crippen LogP contribution in [0.15, 0.2) is 10.7 Å². The summed E-state index contributed by atoms with van der Waals surface area (Å²) in [5.41, 5.74) is 1.11. The average Bonchev–Trinajstić information content (AvgIpc) is 3.10. The molecule has 2 rings (SSSR count). The zero-order valence-corrected chi connectivity index (χ0v) is 13.8. The highest BCUT2D eigenvalue weighted by Crippen LogP contribution is 2.40. The highest BCUT2D eigenvalue weighted by Gasteiger charge is 2.34. The van der Waals surface area contributed by atoms with Crippen molar-refractivity contribution in [3.8, 4) is 0 Å². The van der Waals surface area contributed by atoms with Gasteiger partial charge in [0.2, 0.25) is 0 Å². The van der Waals surface area contributed by atoms with E-state index in [1.807, 2.05) is 0 Å². The highest BCUT2D eigenvalue weighted by molar-refractivity contribution is 5.97. The van der Waals surface area contributed by atoms with Crippen LogP contribution in [0.1, 0.15) is 53.8 Å². The summed E-state index contributed by atoms with van der Waals surface area (Å²) in [6, 6.07) is 0. The van der Waals surface area contributed by atoms with E-state index in [1.165, 1.54) is 19.1 Å². The number of aliphatic carboxylic acids is 1. The lowest BCUT2D eigenvalue weighted by Crippen LogP contribution is -2.37. The van der Waals surface area contributed by atoms with Crippen molar-refractivity contribution in [3.63, 3.8) is 0 Å². The number of methoxy groups -OCH3 is 1. The number of amides is 1. The van der Waals surface area contributed by atoms with Gasteiger partial charge in [-0.05, 0) is 31.6 Å². The molecule has 1 aliphatic rings. The van der Waals surface area contributed by atoms with E-state index in [2.05, 4.69) is 5.32 Å². The van der Waals surface area contributed by atoms with Crippen molar-refractivity contribution in [1.29, 1.82) is 0 Å². The summed E-state index contributed by atoms with van der Waals surface area (Å²) in [4.78, 5) is 23.4. The molecule has 1 aromatic heterocycles. The minimum absolute atomic E-state index is 0.0935. The lowest BCUT2D eigenvalue weighted by Gasteiger charge is -2.29. The number of hydrogen-bond acceptors (Lipinski definition) is 4. The number of carbonyl (C=O) groups is 2. The van der Waals surface area contributed by atoms with Crippen molar-refractivity contribution in [3.05, 3.63) is 23.2 Å². The Labute approximate surface area is 136 Å². The third kappa shape index (κ3) is 4.34. The summed E-state index contributed by atoms with van der Waals surface area (Å²) in [5.74, 6) is -1.05. The van der Waals surface area contributed by atoms with Crippen molar-refractivity contribution in [1.82, 2.24) is 5.32 Å². The summed E-state index contributed by atoms with van der Waals surface area (Å²) < 4.78 is 10.4. The summed E-state index contributed by atoms with van der Waals surface area (Å²) in [5, 5.41) is 11.9. The second kappa shape index (κ2) is 7.64. The standard InChI is InChI=1S/C17H25NO5/c1-12-10-23-13(9-14(19)20)15(12)16(21)18-11-17(7-8-22-2)5-3-4-6-17/h10H,3-9,11H2,1-2H3,(H,18,21)(H,19,20). The van der Waals surface area contributed by atoms with Gasteiger partial charge in [0.1, 0.15) is 12.2 Å². The molecule has 0 radical (unpaired) electrons. The summed E-state index contributed by atoms with van der Waals surface area (Å²) in [6.45, 7) is 3.03. The van der Waals surface area contributed by atoms with Gasteiger partial charge in [0.15, 0.2) is 0 Å². The molecule has 0 spiro atoms. The molecule has 23 heavy (non-hydrogen) atoms. The van der Waals surface area contributed by atoms with Crippen LogP contribution in [0.4, 0.5) is 0 Å². The molecule has 1 aliphatic carbocycles. The fourth-order valence-corrected chi connectivity index (χ4v) is 3.39. The number of carbonyl (C=O) groups excluding carboxylic acids is 1. The first-order chi connectivity index (χ1) is 11.0. The molecule has 0 unspecified atom stereocenters. The van der Waals surface area contributed by atoms with Crippen LogP contribution in [0.3, 0.4) is 0 Å². The van der Waals surface area contributed by atoms with Crippen LogP contribution in [0, 0.1) is 12.3 Å². The maximum Gasteiger partial charge on any atom is 0.311 e. The second-order valence-electron chi connectivity index (χ2n) is 6.42. The van der Waals surface area contributed by atoms with Gasteiger partial charge in [0, 0.05) is 25.8 Å². The molecule has 0 aromatic carbocycles. The number of hydrogen-bond donors (Lipinski definition) is 2. The number of carboxylic acid groups (broad SMARTS) is 1. The van der Waals surface area contributed by atoms with E-state index < -0.39 is 5.97 Å². The molecule has 6 heteroatoms. The Kier molecular flexibility index (Phi) is 5.82. The first-order valence-electron chi connectivity index (χ1n) is 8.03. The second-order valence-corrected chi connectivity index (χ2v) is 6.42. The van der Waals surface area contributed by atoms with Gasteiger partial charge in [-0.2, -0.15) is 0 Å². The lowest BCUT2D eigenvalue weighted by molar-refractivity contribution is -0.136. The normalized spacial score (nSPS) is 16.4. The Hall–Kier alpha value is -1.82. The Bertz CT molecular complexity index is 557. The Morgan fingerprint density at radius 3 is 2.70 bits per heavy atom. The topological polar surface area (TPSA) is 88.8 Å². The molecule has 1 fully saturated rings. The fraction of sp³-hybridized carbons (Fsp3) is 0.647. The summed E-state index contributed by atoms with van der Waals surface area (Å²) >= 11 is 0. The third-order valence-corrected chi connectivity index (χ3v) is 4.71. The van der Waals surface area contributed by atoms with Crippen LogP contribution in [0.5, 0.6) is 0 Å². The predicted molar refractivity (Wildman–Crippen MR) is 84.5 cm³/mol. The minimum Gasteiger partial charge on any atom is -0.481 e. The number of furan rings is 1. The molecule has 1 saturated carbocycles. The fourth-order valence-electron chi connectivity index (χ4n) is 3.39. The molecule has 128 valence electrons. The van der Waals surface area contributed by atoms with E-state index in [-0.39, 0.29) is 23.5 Å². The van der Waals surface area contributed by atoms with E-state index in [9.17, 15) is 9.59 Å². The minimum atomic E-state index is -1.01. The van der Waals surface area contributed by atoms with E-state index >= 15 is 0 Å². The van der Waals surface area contributed by atoms with Crippen LogP contribution in [-0.4, -0.2) is 37.2 Å². The van der Waals surface area contributed by atoms with Crippen molar-refractivity contribution in [2.75, 3.05) is 20.3 Å². The molecule has 6 nitrogen and oxygen atoms in total. The van der Waals surface area contributed by atoms with Gasteiger partial charge in [0.25, 0.3) is 5.91 Å². The SMILES string of the molecule is COCCC1(CNC(=O)c2c(C)coc2CC(=O)O)CCCC1. The van der Waals surface area contributed by atoms with Gasteiger partial charge in [0.05, 0.1) is 11.8 Å². The lowest BCUT2D eigenvalue weighted by atomic mass is 9.83. The molecule has 1 amide bonds. The van der Waals surface area contributed by atoms with Crippen molar-refractivity contribution < 1.29 is 23.8 Å². The third-order valence-electron chi connectivity index (χ3n) is 4.71. The van der Waals surface area contributed by atoms with Gasteiger partial charge >= 0.3 is 5.97 Å². The molecule has 0 aliphatic heterocycles. The quantitative estimate of drug-likeness (QED) is 0.767. The maximum absolute atomic E-state index is 12.5. The van der Waals surface area contributed by atoms with Crippen molar-refractivity contribution >= 4 is 11.9 Å². The molecule has 0 saturated heterocycles. The smallest absolute Gasteiger partial charge is 0.311 e. The van der Waals surface area contributed by atoms with Gasteiger partial charge in [-0.15, -0.1) is 0 Å². The number of rotatable bonds is 8. The molecule has 2 N–H and O–H groups in total. The van der Waals surface area contributed by atoms with Gasteiger partial charge in [-0.1, -0.05) is 12.8 Å². The first-order valence-corrected chi connectivity index (χ1v) is 8.03. The summed E-state index contributed by atoms with van der Waals surface area (Å²) in [6.07, 6.45) is 6.60. The Morgan fingerprint density at radius 2 is 2.09 bits per heavy atom. The highest BCUT2D eigenvalue weighted by atomic mass is 16.5. The van der Waals surface area contributed by atoms with Crippen molar-refractivity contribution in [2.24, 2.45) is 5.41 Å². The van der Waals surface area contributed by atoms with E-state index in [0.717, 1.165) is 19.3 Å². The van der Waals surface area contributed by atoms with E-state index in [4.69, 9.17) is 14.3 Å². The van der Waals surface area contributed by atoms with Gasteiger partial charge in [-0.25, -0.2) is 0 Å². The Balaban J connectivity index is 2.04. The molecular weight excluding hydrogens is 298 g/mol. The molecule has 0 atom stereocenters. The van der Waals surface area contributed by atoms with E-state index in [1.54, 1.807) is 14.0 Å². The molecule has 0 bridgehead atoms. The van der Waals surface area contributed by atoms with Crippen LogP contribution in [-0.2, 0) is 16.0 Å². The average molecular weight is 323 g/mol. The number of nitrogens with one attached hydrogen (secondary N) is 1. The largest absolute Gasteiger partial charge is 0.481 e.